The second kappa shape index (κ2) is 6.08. The number of nitrogen functional groups attached to an aromatic ring is 1. The Balaban J connectivity index is 3.11. The van der Waals surface area contributed by atoms with Crippen LogP contribution in [0.2, 0.25) is 0 Å². The number of nitrogens with two attached hydrogens (primary N) is 1. The molecule has 0 bridgehead atoms. The first-order chi connectivity index (χ1) is 8.02. The zero-order valence-electron chi connectivity index (χ0n) is 12.0. The fraction of sp³-hybridized carbons (Fsp3) is 0.786. The number of hydrogen-bond donors (Lipinski definition) is 1. The number of nitrogens with zero attached hydrogens (tertiary/aromatic N) is 2. The van der Waals surface area contributed by atoms with Gasteiger partial charge in [0.2, 0.25) is 0 Å². The molecular formula is C14H27N3. The minimum absolute atomic E-state index is 0.437. The summed E-state index contributed by atoms with van der Waals surface area (Å²) < 4.78 is 2.20. The first kappa shape index (κ1) is 14.1. The molecular weight excluding hydrogens is 210 g/mol. The van der Waals surface area contributed by atoms with Gasteiger partial charge in [-0.3, -0.25) is 0 Å². The average molecular weight is 237 g/mol. The van der Waals surface area contributed by atoms with E-state index in [0.29, 0.717) is 11.8 Å². The summed E-state index contributed by atoms with van der Waals surface area (Å²) in [6.07, 6.45) is 3.44. The molecule has 1 aromatic heterocycles. The second-order valence-electron chi connectivity index (χ2n) is 5.24. The molecule has 1 atom stereocenters. The molecule has 0 amide bonds. The van der Waals surface area contributed by atoms with Gasteiger partial charge in [0, 0.05) is 18.4 Å². The van der Waals surface area contributed by atoms with E-state index in [4.69, 9.17) is 10.7 Å². The molecule has 1 aromatic rings. The summed E-state index contributed by atoms with van der Waals surface area (Å²) in [7, 11) is 0. The lowest BCUT2D eigenvalue weighted by Gasteiger charge is -2.11. The lowest BCUT2D eigenvalue weighted by molar-refractivity contribution is 0.615. The smallest absolute Gasteiger partial charge is 0.127 e. The van der Waals surface area contributed by atoms with Crippen LogP contribution >= 0.6 is 0 Å². The van der Waals surface area contributed by atoms with Gasteiger partial charge < -0.3 is 10.3 Å². The summed E-state index contributed by atoms with van der Waals surface area (Å²) in [6, 6.07) is 0. The topological polar surface area (TPSA) is 43.8 Å². The molecule has 0 saturated heterocycles. The van der Waals surface area contributed by atoms with E-state index in [-0.39, 0.29) is 0 Å². The number of aromatic nitrogens is 2. The Morgan fingerprint density at radius 3 is 2.29 bits per heavy atom. The van der Waals surface area contributed by atoms with Gasteiger partial charge in [-0.25, -0.2) is 4.98 Å². The number of imidazole rings is 1. The molecule has 0 aliphatic rings. The van der Waals surface area contributed by atoms with Crippen molar-refractivity contribution in [3.8, 4) is 0 Å². The maximum absolute atomic E-state index is 6.26. The molecule has 17 heavy (non-hydrogen) atoms. The zero-order chi connectivity index (χ0) is 13.0. The van der Waals surface area contributed by atoms with Crippen LogP contribution in [0.5, 0.6) is 0 Å². The molecule has 98 valence electrons. The molecule has 2 N–H and O–H groups in total. The SMILES string of the molecule is CCCC(C)c1nc(C(C)C)n(CCC)c1N. The van der Waals surface area contributed by atoms with Crippen molar-refractivity contribution in [1.82, 2.24) is 9.55 Å². The lowest BCUT2D eigenvalue weighted by Crippen LogP contribution is -2.08. The number of anilines is 1. The van der Waals surface area contributed by atoms with Gasteiger partial charge in [-0.2, -0.15) is 0 Å². The van der Waals surface area contributed by atoms with Gasteiger partial charge >= 0.3 is 0 Å². The third-order valence-corrected chi connectivity index (χ3v) is 3.22. The Kier molecular flexibility index (Phi) is 5.03. The Morgan fingerprint density at radius 1 is 1.18 bits per heavy atom. The molecule has 3 nitrogen and oxygen atoms in total. The zero-order valence-corrected chi connectivity index (χ0v) is 12.0. The van der Waals surface area contributed by atoms with Gasteiger partial charge in [-0.1, -0.05) is 41.0 Å². The van der Waals surface area contributed by atoms with Crippen LogP contribution in [0.4, 0.5) is 5.82 Å². The molecule has 1 rings (SSSR count). The monoisotopic (exact) mass is 237 g/mol. The molecule has 1 unspecified atom stereocenters. The van der Waals surface area contributed by atoms with E-state index in [1.54, 1.807) is 0 Å². The fourth-order valence-corrected chi connectivity index (χ4v) is 2.33. The van der Waals surface area contributed by atoms with Crippen molar-refractivity contribution in [3.63, 3.8) is 0 Å². The van der Waals surface area contributed by atoms with Crippen molar-refractivity contribution in [2.24, 2.45) is 0 Å². The molecule has 0 spiro atoms. The minimum atomic E-state index is 0.437. The highest BCUT2D eigenvalue weighted by Crippen LogP contribution is 2.29. The van der Waals surface area contributed by atoms with Gasteiger partial charge in [0.15, 0.2) is 0 Å². The highest BCUT2D eigenvalue weighted by Gasteiger charge is 2.19. The Labute approximate surface area is 105 Å². The number of rotatable bonds is 6. The van der Waals surface area contributed by atoms with Gasteiger partial charge in [0.05, 0.1) is 5.69 Å². The number of hydrogen-bond acceptors (Lipinski definition) is 2. The summed E-state index contributed by atoms with van der Waals surface area (Å²) in [5.41, 5.74) is 7.36. The molecule has 3 heteroatoms. The first-order valence-electron chi connectivity index (χ1n) is 6.88. The van der Waals surface area contributed by atoms with Crippen LogP contribution < -0.4 is 5.73 Å². The molecule has 0 saturated carbocycles. The second-order valence-corrected chi connectivity index (χ2v) is 5.24. The van der Waals surface area contributed by atoms with E-state index in [1.807, 2.05) is 0 Å². The van der Waals surface area contributed by atoms with Crippen molar-refractivity contribution in [2.75, 3.05) is 5.73 Å². The van der Waals surface area contributed by atoms with Crippen molar-refractivity contribution in [1.29, 1.82) is 0 Å². The van der Waals surface area contributed by atoms with Gasteiger partial charge in [0.1, 0.15) is 11.6 Å². The summed E-state index contributed by atoms with van der Waals surface area (Å²) in [5, 5.41) is 0. The lowest BCUT2D eigenvalue weighted by atomic mass is 10.0. The van der Waals surface area contributed by atoms with E-state index in [1.165, 1.54) is 6.42 Å². The van der Waals surface area contributed by atoms with Crippen LogP contribution in [0.15, 0.2) is 0 Å². The van der Waals surface area contributed by atoms with Crippen molar-refractivity contribution >= 4 is 5.82 Å². The average Bonchev–Trinajstić information content (AvgIpc) is 2.58. The Bertz CT molecular complexity index is 353. The minimum Gasteiger partial charge on any atom is -0.384 e. The normalized spacial score (nSPS) is 13.3. The van der Waals surface area contributed by atoms with Crippen LogP contribution in [-0.2, 0) is 6.54 Å². The maximum atomic E-state index is 6.26. The van der Waals surface area contributed by atoms with E-state index in [0.717, 1.165) is 36.7 Å². The maximum Gasteiger partial charge on any atom is 0.127 e. The van der Waals surface area contributed by atoms with Crippen molar-refractivity contribution in [2.45, 2.75) is 72.3 Å². The molecule has 0 radical (unpaired) electrons. The third-order valence-electron chi connectivity index (χ3n) is 3.22. The van der Waals surface area contributed by atoms with Crippen LogP contribution in [-0.4, -0.2) is 9.55 Å². The standard InChI is InChI=1S/C14H27N3/c1-6-8-11(5)12-13(15)17(9-7-2)14(16-12)10(3)4/h10-11H,6-9,15H2,1-5H3. The molecule has 0 aliphatic heterocycles. The largest absolute Gasteiger partial charge is 0.384 e. The Hall–Kier alpha value is -0.990. The van der Waals surface area contributed by atoms with Crippen molar-refractivity contribution in [3.05, 3.63) is 11.5 Å². The van der Waals surface area contributed by atoms with Gasteiger partial charge in [0.25, 0.3) is 0 Å². The Morgan fingerprint density at radius 2 is 1.82 bits per heavy atom. The quantitative estimate of drug-likeness (QED) is 0.815. The van der Waals surface area contributed by atoms with Crippen LogP contribution in [0.3, 0.4) is 0 Å². The van der Waals surface area contributed by atoms with E-state index < -0.39 is 0 Å². The summed E-state index contributed by atoms with van der Waals surface area (Å²) in [5.74, 6) is 2.93. The molecule has 0 fully saturated rings. The highest BCUT2D eigenvalue weighted by molar-refractivity contribution is 5.41. The summed E-state index contributed by atoms with van der Waals surface area (Å²) in [6.45, 7) is 12.0. The third kappa shape index (κ3) is 3.02. The first-order valence-corrected chi connectivity index (χ1v) is 6.88. The van der Waals surface area contributed by atoms with Gasteiger partial charge in [-0.15, -0.1) is 0 Å². The summed E-state index contributed by atoms with van der Waals surface area (Å²) >= 11 is 0. The van der Waals surface area contributed by atoms with Crippen LogP contribution in [0.1, 0.15) is 77.2 Å². The summed E-state index contributed by atoms with van der Waals surface area (Å²) in [4.78, 5) is 4.78. The fourth-order valence-electron chi connectivity index (χ4n) is 2.33. The molecule has 0 aromatic carbocycles. The van der Waals surface area contributed by atoms with Crippen LogP contribution in [0, 0.1) is 0 Å². The van der Waals surface area contributed by atoms with Crippen LogP contribution in [0.25, 0.3) is 0 Å². The molecule has 0 aliphatic carbocycles. The van der Waals surface area contributed by atoms with Crippen molar-refractivity contribution < 1.29 is 0 Å². The van der Waals surface area contributed by atoms with Gasteiger partial charge in [-0.05, 0) is 12.8 Å². The molecule has 1 heterocycles. The highest BCUT2D eigenvalue weighted by atomic mass is 15.1. The van der Waals surface area contributed by atoms with E-state index >= 15 is 0 Å². The van der Waals surface area contributed by atoms with E-state index in [9.17, 15) is 0 Å². The predicted octanol–water partition coefficient (Wildman–Crippen LogP) is 3.90. The predicted molar refractivity (Wildman–Crippen MR) is 74.3 cm³/mol. The van der Waals surface area contributed by atoms with E-state index in [2.05, 4.69) is 39.2 Å².